The van der Waals surface area contributed by atoms with Crippen molar-refractivity contribution in [1.29, 1.82) is 0 Å². The van der Waals surface area contributed by atoms with Gasteiger partial charge >= 0.3 is 0 Å². The van der Waals surface area contributed by atoms with Crippen LogP contribution in [0.15, 0.2) is 16.3 Å². The molecule has 0 aliphatic carbocycles. The molecule has 2 aliphatic heterocycles. The third-order valence-corrected chi connectivity index (χ3v) is 8.08. The van der Waals surface area contributed by atoms with E-state index in [0.717, 1.165) is 11.3 Å². The Morgan fingerprint density at radius 3 is 2.32 bits per heavy atom. The number of amides is 1. The van der Waals surface area contributed by atoms with E-state index in [4.69, 9.17) is 22.1 Å². The Labute approximate surface area is 162 Å². The average molecular weight is 430 g/mol. The summed E-state index contributed by atoms with van der Waals surface area (Å²) in [6.45, 7) is 2.17. The highest BCUT2D eigenvalue weighted by Gasteiger charge is 2.41. The summed E-state index contributed by atoms with van der Waals surface area (Å²) in [5.41, 5.74) is 5.34. The third-order valence-electron chi connectivity index (χ3n) is 4.48. The molecule has 1 aromatic heterocycles. The molecule has 2 saturated heterocycles. The Balaban J connectivity index is 0.00000225. The van der Waals surface area contributed by atoms with E-state index in [1.165, 1.54) is 10.4 Å². The maximum atomic E-state index is 12.7. The lowest BCUT2D eigenvalue weighted by Crippen LogP contribution is -2.61. The Morgan fingerprint density at radius 2 is 1.80 bits per heavy atom. The predicted octanol–water partition coefficient (Wildman–Crippen LogP) is 1.16. The highest BCUT2D eigenvalue weighted by Crippen LogP contribution is 2.29. The van der Waals surface area contributed by atoms with Gasteiger partial charge in [0.05, 0.1) is 9.88 Å². The quantitative estimate of drug-likeness (QED) is 0.777. The highest BCUT2D eigenvalue weighted by atomic mass is 35.5. The first-order valence-electron chi connectivity index (χ1n) is 7.74. The maximum Gasteiger partial charge on any atom is 0.252 e. The lowest BCUT2D eigenvalue weighted by molar-refractivity contribution is -0.141. The number of halogens is 2. The van der Waals surface area contributed by atoms with Crippen molar-refractivity contribution in [3.8, 4) is 0 Å². The Bertz CT molecular complexity index is 711. The molecule has 1 aromatic rings. The number of carbonyl (C=O) groups is 1. The molecule has 7 nitrogen and oxygen atoms in total. The van der Waals surface area contributed by atoms with Crippen LogP contribution in [0.4, 0.5) is 0 Å². The minimum atomic E-state index is -3.55. The number of hydrogen-bond acceptors (Lipinski definition) is 6. The van der Waals surface area contributed by atoms with Crippen LogP contribution in [0.2, 0.25) is 4.34 Å². The molecule has 0 atom stereocenters. The Kier molecular flexibility index (Phi) is 6.75. The first-order valence-corrected chi connectivity index (χ1v) is 10.4. The molecule has 0 bridgehead atoms. The zero-order chi connectivity index (χ0) is 17.4. The molecule has 3 heterocycles. The third kappa shape index (κ3) is 4.29. The van der Waals surface area contributed by atoms with Crippen LogP contribution in [0.5, 0.6) is 0 Å². The predicted molar refractivity (Wildman–Crippen MR) is 98.9 cm³/mol. The number of nitrogens with zero attached hydrogens (tertiary/aromatic N) is 2. The van der Waals surface area contributed by atoms with E-state index in [9.17, 15) is 13.2 Å². The SMILES string of the molecule is Cl.NC1(C(=O)N2CCN(S(=O)(=O)c3ccc(Cl)s3)CC2)CCOCC1. The number of nitrogens with two attached hydrogens (primary N) is 1. The van der Waals surface area contributed by atoms with Crippen LogP contribution in [0.3, 0.4) is 0 Å². The fourth-order valence-corrected chi connectivity index (χ4v) is 6.02. The second-order valence-electron chi connectivity index (χ2n) is 6.02. The maximum absolute atomic E-state index is 12.7. The van der Waals surface area contributed by atoms with Crippen LogP contribution in [0, 0.1) is 0 Å². The molecule has 2 fully saturated rings. The van der Waals surface area contributed by atoms with Gasteiger partial charge in [-0.15, -0.1) is 23.7 Å². The molecule has 0 unspecified atom stereocenters. The van der Waals surface area contributed by atoms with Crippen molar-refractivity contribution in [2.75, 3.05) is 39.4 Å². The van der Waals surface area contributed by atoms with Crippen LogP contribution in [-0.2, 0) is 19.6 Å². The normalized spacial score (nSPS) is 21.6. The summed E-state index contributed by atoms with van der Waals surface area (Å²) < 4.78 is 32.5. The van der Waals surface area contributed by atoms with Crippen LogP contribution in [-0.4, -0.2) is 68.5 Å². The summed E-state index contributed by atoms with van der Waals surface area (Å²) in [5.74, 6) is -0.109. The summed E-state index contributed by atoms with van der Waals surface area (Å²) >= 11 is 6.87. The van der Waals surface area contributed by atoms with Gasteiger partial charge in [-0.1, -0.05) is 11.6 Å². The number of rotatable bonds is 3. The van der Waals surface area contributed by atoms with Crippen molar-refractivity contribution in [2.24, 2.45) is 5.73 Å². The molecule has 0 radical (unpaired) electrons. The van der Waals surface area contributed by atoms with Gasteiger partial charge in [-0.2, -0.15) is 4.31 Å². The highest BCUT2D eigenvalue weighted by molar-refractivity contribution is 7.91. The molecule has 0 aromatic carbocycles. The van der Waals surface area contributed by atoms with Crippen molar-refractivity contribution in [1.82, 2.24) is 9.21 Å². The molecular weight excluding hydrogens is 409 g/mol. The molecule has 2 N–H and O–H groups in total. The first kappa shape index (κ1) is 20.9. The van der Waals surface area contributed by atoms with Crippen LogP contribution in [0.25, 0.3) is 0 Å². The van der Waals surface area contributed by atoms with Crippen molar-refractivity contribution in [3.05, 3.63) is 16.5 Å². The van der Waals surface area contributed by atoms with Crippen LogP contribution in [0.1, 0.15) is 12.8 Å². The summed E-state index contributed by atoms with van der Waals surface area (Å²) in [7, 11) is -3.55. The zero-order valence-electron chi connectivity index (χ0n) is 13.5. The van der Waals surface area contributed by atoms with Gasteiger partial charge in [0, 0.05) is 39.4 Å². The molecule has 2 aliphatic rings. The van der Waals surface area contributed by atoms with Gasteiger partial charge in [0.25, 0.3) is 10.0 Å². The van der Waals surface area contributed by atoms with Crippen LogP contribution >= 0.6 is 35.3 Å². The molecule has 142 valence electrons. The average Bonchev–Trinajstić information content (AvgIpc) is 3.02. The zero-order valence-corrected chi connectivity index (χ0v) is 16.7. The molecule has 0 saturated carbocycles. The number of piperazine rings is 1. The van der Waals surface area contributed by atoms with Crippen molar-refractivity contribution < 1.29 is 17.9 Å². The smallest absolute Gasteiger partial charge is 0.252 e. The lowest BCUT2D eigenvalue weighted by Gasteiger charge is -2.40. The van der Waals surface area contributed by atoms with E-state index in [1.807, 2.05) is 0 Å². The van der Waals surface area contributed by atoms with Crippen molar-refractivity contribution in [3.63, 3.8) is 0 Å². The summed E-state index contributed by atoms with van der Waals surface area (Å²) in [4.78, 5) is 14.3. The van der Waals surface area contributed by atoms with Gasteiger partial charge in [0.1, 0.15) is 4.21 Å². The molecule has 11 heteroatoms. The standard InChI is InChI=1S/C14H20ClN3O4S2.ClH/c15-11-1-2-12(23-11)24(20,21)18-7-5-17(6-8-18)13(19)14(16)3-9-22-10-4-14;/h1-2H,3-10,16H2;1H. The van der Waals surface area contributed by atoms with Gasteiger partial charge in [-0.05, 0) is 25.0 Å². The molecule has 3 rings (SSSR count). The molecule has 25 heavy (non-hydrogen) atoms. The molecule has 1 amide bonds. The van der Waals surface area contributed by atoms with Crippen LogP contribution < -0.4 is 5.73 Å². The minimum absolute atomic E-state index is 0. The van der Waals surface area contributed by atoms with Gasteiger partial charge in [-0.3, -0.25) is 4.79 Å². The summed E-state index contributed by atoms with van der Waals surface area (Å²) in [6.07, 6.45) is 0.996. The number of thiophene rings is 1. The monoisotopic (exact) mass is 429 g/mol. The number of hydrogen-bond donors (Lipinski definition) is 1. The number of ether oxygens (including phenoxy) is 1. The lowest BCUT2D eigenvalue weighted by atomic mass is 9.89. The van der Waals surface area contributed by atoms with Gasteiger partial charge in [0.15, 0.2) is 0 Å². The van der Waals surface area contributed by atoms with Crippen molar-refractivity contribution in [2.45, 2.75) is 22.6 Å². The molecular formula is C14H21Cl2N3O4S2. The minimum Gasteiger partial charge on any atom is -0.381 e. The first-order chi connectivity index (χ1) is 11.3. The van der Waals surface area contributed by atoms with E-state index in [2.05, 4.69) is 0 Å². The van der Waals surface area contributed by atoms with Gasteiger partial charge in [-0.25, -0.2) is 8.42 Å². The second-order valence-corrected chi connectivity index (χ2v) is 9.90. The summed E-state index contributed by atoms with van der Waals surface area (Å²) in [5, 5.41) is 0. The van der Waals surface area contributed by atoms with E-state index in [1.54, 1.807) is 11.0 Å². The Morgan fingerprint density at radius 1 is 1.20 bits per heavy atom. The molecule has 0 spiro atoms. The van der Waals surface area contributed by atoms with E-state index in [-0.39, 0.29) is 35.6 Å². The van der Waals surface area contributed by atoms with Gasteiger partial charge in [0.2, 0.25) is 5.91 Å². The summed E-state index contributed by atoms with van der Waals surface area (Å²) in [6, 6.07) is 3.08. The van der Waals surface area contributed by atoms with Gasteiger partial charge < -0.3 is 15.4 Å². The number of sulfonamides is 1. The largest absolute Gasteiger partial charge is 0.381 e. The van der Waals surface area contributed by atoms with E-state index in [0.29, 0.717) is 43.5 Å². The second kappa shape index (κ2) is 8.08. The fourth-order valence-electron chi connectivity index (χ4n) is 2.96. The Hall–Kier alpha value is -0.420. The number of carbonyl (C=O) groups excluding carboxylic acids is 1. The van der Waals surface area contributed by atoms with Crippen molar-refractivity contribution >= 4 is 51.3 Å². The fraction of sp³-hybridized carbons (Fsp3) is 0.643. The van der Waals surface area contributed by atoms with E-state index < -0.39 is 15.6 Å². The van der Waals surface area contributed by atoms with E-state index >= 15 is 0 Å². The topological polar surface area (TPSA) is 92.9 Å².